The van der Waals surface area contributed by atoms with Crippen molar-refractivity contribution < 1.29 is 0 Å². The molecule has 2 heteroatoms. The fraction of sp³-hybridized carbons (Fsp3) is 0.161. The molecule has 0 aliphatic heterocycles. The van der Waals surface area contributed by atoms with E-state index in [1.54, 1.807) is 0 Å². The molecule has 1 atom stereocenters. The smallest absolute Gasteiger partial charge is 0.0461 e. The lowest BCUT2D eigenvalue weighted by atomic mass is 9.90. The minimum atomic E-state index is 0.366. The summed E-state index contributed by atoms with van der Waals surface area (Å²) in [5, 5.41) is 9.41. The predicted molar refractivity (Wildman–Crippen MR) is 145 cm³/mol. The van der Waals surface area contributed by atoms with Crippen molar-refractivity contribution in [3.05, 3.63) is 106 Å². The molecule has 1 heterocycles. The second kappa shape index (κ2) is 7.60. The van der Waals surface area contributed by atoms with Crippen LogP contribution in [-0.2, 0) is 0 Å². The minimum absolute atomic E-state index is 0.366. The third kappa shape index (κ3) is 3.05. The molecule has 162 valence electrons. The summed E-state index contributed by atoms with van der Waals surface area (Å²) in [4.78, 5) is 0. The van der Waals surface area contributed by atoms with Gasteiger partial charge in [0.25, 0.3) is 0 Å². The Bertz CT molecular complexity index is 1670. The lowest BCUT2D eigenvalue weighted by molar-refractivity contribution is 0.986. The molecule has 1 nitrogen and oxygen atoms in total. The van der Waals surface area contributed by atoms with Crippen molar-refractivity contribution in [1.82, 2.24) is 0 Å². The Morgan fingerprint density at radius 1 is 0.727 bits per heavy atom. The van der Waals surface area contributed by atoms with Crippen molar-refractivity contribution in [3.8, 4) is 0 Å². The van der Waals surface area contributed by atoms with Gasteiger partial charge in [-0.05, 0) is 66.1 Å². The van der Waals surface area contributed by atoms with E-state index in [1.165, 1.54) is 69.8 Å². The van der Waals surface area contributed by atoms with Crippen LogP contribution in [0.4, 0.5) is 11.4 Å². The Hall–Kier alpha value is -3.36. The molecule has 6 rings (SSSR count). The summed E-state index contributed by atoms with van der Waals surface area (Å²) in [6, 6.07) is 28.8. The summed E-state index contributed by atoms with van der Waals surface area (Å²) in [5.74, 6) is 0.366. The van der Waals surface area contributed by atoms with Gasteiger partial charge in [0.2, 0.25) is 0 Å². The van der Waals surface area contributed by atoms with E-state index in [1.807, 2.05) is 11.3 Å². The summed E-state index contributed by atoms with van der Waals surface area (Å²) in [6.45, 7) is 9.04. The molecule has 0 saturated heterocycles. The van der Waals surface area contributed by atoms with Gasteiger partial charge >= 0.3 is 0 Å². The first-order chi connectivity index (χ1) is 16.0. The van der Waals surface area contributed by atoms with E-state index in [0.29, 0.717) is 5.92 Å². The zero-order valence-electron chi connectivity index (χ0n) is 19.5. The molecule has 5 aromatic rings. The van der Waals surface area contributed by atoms with Crippen molar-refractivity contribution in [2.75, 3.05) is 5.32 Å². The number of fused-ring (bicyclic) bond motifs is 5. The number of aryl methyl sites for hydroxylation is 2. The molecule has 1 aliphatic carbocycles. The second-order valence-electron chi connectivity index (χ2n) is 9.22. The molecular formula is C31H27NS. The lowest BCUT2D eigenvalue weighted by Crippen LogP contribution is -2.24. The SMILES string of the molecule is CC1=c2c(ccc3sc4ccccc4c23)=C(c2ccccc2Nc2c(C)cccc2C)C1C. The Morgan fingerprint density at radius 2 is 1.45 bits per heavy atom. The van der Waals surface area contributed by atoms with Crippen LogP contribution in [0, 0.1) is 19.8 Å². The molecule has 1 N–H and O–H groups in total. The van der Waals surface area contributed by atoms with Crippen molar-refractivity contribution in [3.63, 3.8) is 0 Å². The number of nitrogens with one attached hydrogen (secondary N) is 1. The Balaban J connectivity index is 1.65. The number of thiophene rings is 1. The topological polar surface area (TPSA) is 12.0 Å². The summed E-state index contributed by atoms with van der Waals surface area (Å²) in [5.41, 5.74) is 9.10. The fourth-order valence-corrected chi connectivity index (χ4v) is 6.58. The number of anilines is 2. The monoisotopic (exact) mass is 445 g/mol. The maximum Gasteiger partial charge on any atom is 0.0461 e. The van der Waals surface area contributed by atoms with E-state index in [0.717, 1.165) is 0 Å². The van der Waals surface area contributed by atoms with E-state index in [2.05, 4.69) is 112 Å². The quantitative estimate of drug-likeness (QED) is 0.304. The van der Waals surface area contributed by atoms with Gasteiger partial charge in [-0.25, -0.2) is 0 Å². The van der Waals surface area contributed by atoms with E-state index in [-0.39, 0.29) is 0 Å². The van der Waals surface area contributed by atoms with Gasteiger partial charge < -0.3 is 5.32 Å². The zero-order valence-corrected chi connectivity index (χ0v) is 20.3. The molecule has 0 amide bonds. The Morgan fingerprint density at radius 3 is 2.27 bits per heavy atom. The van der Waals surface area contributed by atoms with E-state index in [9.17, 15) is 0 Å². The largest absolute Gasteiger partial charge is 0.355 e. The van der Waals surface area contributed by atoms with Crippen LogP contribution >= 0.6 is 11.3 Å². The fourth-order valence-electron chi connectivity index (χ4n) is 5.47. The first-order valence-electron chi connectivity index (χ1n) is 11.6. The summed E-state index contributed by atoms with van der Waals surface area (Å²) < 4.78 is 2.75. The molecular weight excluding hydrogens is 418 g/mol. The highest BCUT2D eigenvalue weighted by Crippen LogP contribution is 2.38. The van der Waals surface area contributed by atoms with Crippen molar-refractivity contribution in [1.29, 1.82) is 0 Å². The Kier molecular flexibility index (Phi) is 4.67. The number of benzene rings is 4. The standard InChI is InChI=1S/C31H27NS/c1-18-10-9-11-19(2)31(18)32-25-14-7-5-12-22(25)28-20(3)21(4)29-24(28)16-17-27-30(29)23-13-6-8-15-26(23)33-27/h5-17,20,32H,1-4H3. The maximum absolute atomic E-state index is 3.79. The molecule has 0 saturated carbocycles. The average Bonchev–Trinajstić information content (AvgIpc) is 3.32. The van der Waals surface area contributed by atoms with Gasteiger partial charge in [-0.15, -0.1) is 11.3 Å². The van der Waals surface area contributed by atoms with E-state index >= 15 is 0 Å². The first kappa shape index (κ1) is 20.3. The normalized spacial score (nSPS) is 15.5. The highest BCUT2D eigenvalue weighted by atomic mass is 32.1. The number of rotatable bonds is 3. The van der Waals surface area contributed by atoms with Gasteiger partial charge in [0, 0.05) is 43.0 Å². The van der Waals surface area contributed by atoms with Gasteiger partial charge in [0.1, 0.15) is 0 Å². The van der Waals surface area contributed by atoms with Crippen LogP contribution < -0.4 is 15.8 Å². The third-order valence-corrected chi connectivity index (χ3v) is 8.40. The number of para-hydroxylation sites is 2. The highest BCUT2D eigenvalue weighted by molar-refractivity contribution is 7.25. The molecule has 1 aliphatic rings. The summed E-state index contributed by atoms with van der Waals surface area (Å²) in [7, 11) is 0. The molecule has 0 spiro atoms. The van der Waals surface area contributed by atoms with Crippen LogP contribution in [-0.4, -0.2) is 0 Å². The number of hydrogen-bond donors (Lipinski definition) is 1. The van der Waals surface area contributed by atoms with Crippen molar-refractivity contribution >= 4 is 54.0 Å². The summed E-state index contributed by atoms with van der Waals surface area (Å²) >= 11 is 1.90. The van der Waals surface area contributed by atoms with Gasteiger partial charge in [-0.3, -0.25) is 0 Å². The molecule has 4 aromatic carbocycles. The van der Waals surface area contributed by atoms with Gasteiger partial charge in [-0.2, -0.15) is 0 Å². The van der Waals surface area contributed by atoms with Crippen molar-refractivity contribution in [2.24, 2.45) is 5.92 Å². The van der Waals surface area contributed by atoms with Crippen molar-refractivity contribution in [2.45, 2.75) is 27.7 Å². The second-order valence-corrected chi connectivity index (χ2v) is 10.3. The lowest BCUT2D eigenvalue weighted by Gasteiger charge is -2.19. The highest BCUT2D eigenvalue weighted by Gasteiger charge is 2.25. The van der Waals surface area contributed by atoms with Crippen LogP contribution in [0.1, 0.15) is 30.5 Å². The van der Waals surface area contributed by atoms with Gasteiger partial charge in [0.15, 0.2) is 0 Å². The Labute approximate surface area is 198 Å². The maximum atomic E-state index is 3.79. The van der Waals surface area contributed by atoms with E-state index in [4.69, 9.17) is 0 Å². The molecule has 0 radical (unpaired) electrons. The molecule has 0 bridgehead atoms. The molecule has 0 fully saturated rings. The van der Waals surface area contributed by atoms with Crippen LogP contribution in [0.25, 0.3) is 31.3 Å². The van der Waals surface area contributed by atoms with Crippen LogP contribution in [0.3, 0.4) is 0 Å². The van der Waals surface area contributed by atoms with E-state index < -0.39 is 0 Å². The van der Waals surface area contributed by atoms with Crippen LogP contribution in [0.5, 0.6) is 0 Å². The summed E-state index contributed by atoms with van der Waals surface area (Å²) in [6.07, 6.45) is 0. The van der Waals surface area contributed by atoms with Crippen LogP contribution in [0.15, 0.2) is 78.9 Å². The minimum Gasteiger partial charge on any atom is -0.355 e. The predicted octanol–water partition coefficient (Wildman–Crippen LogP) is 7.43. The average molecular weight is 446 g/mol. The zero-order chi connectivity index (χ0) is 22.7. The van der Waals surface area contributed by atoms with Gasteiger partial charge in [0.05, 0.1) is 0 Å². The number of hydrogen-bond acceptors (Lipinski definition) is 2. The first-order valence-corrected chi connectivity index (χ1v) is 12.4. The molecule has 33 heavy (non-hydrogen) atoms. The third-order valence-electron chi connectivity index (χ3n) is 7.27. The molecule has 1 unspecified atom stereocenters. The van der Waals surface area contributed by atoms with Gasteiger partial charge in [-0.1, -0.05) is 73.2 Å². The van der Waals surface area contributed by atoms with Crippen LogP contribution in [0.2, 0.25) is 0 Å². The molecule has 1 aromatic heterocycles.